The third-order valence-corrected chi connectivity index (χ3v) is 17.6. The summed E-state index contributed by atoms with van der Waals surface area (Å²) in [5.74, 6) is 0. The fourth-order valence-corrected chi connectivity index (χ4v) is 13.0. The van der Waals surface area contributed by atoms with E-state index in [2.05, 4.69) is 184 Å². The smallest absolute Gasteiger partial charge is 0.100 e. The van der Waals surface area contributed by atoms with E-state index in [4.69, 9.17) is 0 Å². The number of anilines is 8. The summed E-state index contributed by atoms with van der Waals surface area (Å²) >= 11 is 0. The summed E-state index contributed by atoms with van der Waals surface area (Å²) in [6.07, 6.45) is 4.24. The van der Waals surface area contributed by atoms with Crippen LogP contribution in [0.4, 0.5) is 45.5 Å². The van der Waals surface area contributed by atoms with Gasteiger partial charge in [-0.3, -0.25) is 0 Å². The number of hydrogen-bond donors (Lipinski definition) is 0. The normalized spacial score (nSPS) is 18.6. The average Bonchev–Trinajstić information content (AvgIpc) is 4.08. The first-order valence-corrected chi connectivity index (χ1v) is 27.2. The molecule has 0 aromatic heterocycles. The van der Waals surface area contributed by atoms with Gasteiger partial charge in [0.15, 0.2) is 0 Å². The second-order valence-corrected chi connectivity index (χ2v) is 24.2. The third kappa shape index (κ3) is 7.94. The van der Waals surface area contributed by atoms with Gasteiger partial charge in [0, 0.05) is 33.6 Å². The van der Waals surface area contributed by atoms with E-state index < -0.39 is 0 Å². The lowest BCUT2D eigenvalue weighted by molar-refractivity contribution is 0.332. The highest BCUT2D eigenvalue weighted by Crippen LogP contribution is 2.55. The average molecular weight is 997 g/mol. The van der Waals surface area contributed by atoms with Gasteiger partial charge in [-0.2, -0.15) is 0 Å². The van der Waals surface area contributed by atoms with E-state index in [1.165, 1.54) is 22.3 Å². The van der Waals surface area contributed by atoms with Crippen molar-refractivity contribution in [2.24, 2.45) is 0 Å². The van der Waals surface area contributed by atoms with Crippen molar-refractivity contribution in [2.75, 3.05) is 32.9 Å². The molecule has 0 spiro atoms. The van der Waals surface area contributed by atoms with Crippen LogP contribution < -0.4 is 19.6 Å². The van der Waals surface area contributed by atoms with Gasteiger partial charge in [-0.1, -0.05) is 219 Å². The summed E-state index contributed by atoms with van der Waals surface area (Å²) in [5, 5.41) is 0. The van der Waals surface area contributed by atoms with Gasteiger partial charge in [-0.05, 0) is 134 Å². The van der Waals surface area contributed by atoms with Gasteiger partial charge in [-0.15, -0.1) is 0 Å². The second kappa shape index (κ2) is 17.9. The minimum atomic E-state index is -0.0980. The van der Waals surface area contributed by atoms with Crippen molar-refractivity contribution in [3.8, 4) is 44.5 Å². The minimum Gasteiger partial charge on any atom is -0.321 e. The molecule has 0 saturated heterocycles. The third-order valence-electron chi connectivity index (χ3n) is 17.6. The van der Waals surface area contributed by atoms with Gasteiger partial charge in [0.1, 0.15) is 13.3 Å². The highest BCUT2D eigenvalue weighted by Gasteiger charge is 2.40. The maximum absolute atomic E-state index is 9.85. The maximum Gasteiger partial charge on any atom is 0.100 e. The number of fused-ring (bicyclic) bond motifs is 4. The van der Waals surface area contributed by atoms with Gasteiger partial charge in [0.2, 0.25) is 0 Å². The van der Waals surface area contributed by atoms with E-state index in [-0.39, 0.29) is 57.9 Å². The molecule has 0 unspecified atom stereocenters. The molecule has 76 heavy (non-hydrogen) atoms. The van der Waals surface area contributed by atoms with E-state index >= 15 is 0 Å². The van der Waals surface area contributed by atoms with Crippen molar-refractivity contribution in [2.45, 2.75) is 103 Å². The van der Waals surface area contributed by atoms with Crippen LogP contribution in [0.3, 0.4) is 0 Å². The zero-order valence-corrected chi connectivity index (χ0v) is 45.2. The van der Waals surface area contributed by atoms with Crippen LogP contribution in [-0.2, 0) is 21.7 Å². The Labute approximate surface area is 460 Å². The molecule has 4 aliphatic rings. The van der Waals surface area contributed by atoms with E-state index in [0.717, 1.165) is 93.4 Å². The Hall–Kier alpha value is -7.82. The Bertz CT molecular complexity index is 3800. The largest absolute Gasteiger partial charge is 0.321 e. The van der Waals surface area contributed by atoms with Crippen LogP contribution in [-0.4, -0.2) is 13.3 Å². The molecule has 9 aromatic carbocycles. The molecule has 0 amide bonds. The van der Waals surface area contributed by atoms with Crippen molar-refractivity contribution < 1.29 is 8.22 Å². The number of nitrogens with zero attached hydrogens (tertiary/aromatic N) is 4. The van der Waals surface area contributed by atoms with Crippen molar-refractivity contribution in [1.82, 2.24) is 0 Å². The summed E-state index contributed by atoms with van der Waals surface area (Å²) in [6, 6.07) is 58.6. The zero-order chi connectivity index (χ0) is 57.4. The van der Waals surface area contributed by atoms with Gasteiger partial charge in [-0.25, -0.2) is 0 Å². The van der Waals surface area contributed by atoms with Crippen LogP contribution in [0.2, 0.25) is 0 Å². The van der Waals surface area contributed by atoms with E-state index in [0.29, 0.717) is 35.6 Å². The molecule has 2 aliphatic carbocycles. The summed E-state index contributed by atoms with van der Waals surface area (Å²) in [4.78, 5) is 9.15. The van der Waals surface area contributed by atoms with Gasteiger partial charge in [0.05, 0.1) is 42.3 Å². The minimum absolute atomic E-state index is 0.00870. The van der Waals surface area contributed by atoms with E-state index in [9.17, 15) is 8.22 Å². The molecule has 2 heterocycles. The molecule has 4 heteroatoms. The second-order valence-electron chi connectivity index (χ2n) is 24.2. The van der Waals surface area contributed by atoms with Crippen LogP contribution in [0.5, 0.6) is 0 Å². The van der Waals surface area contributed by atoms with Crippen LogP contribution in [0.1, 0.15) is 112 Å². The summed E-state index contributed by atoms with van der Waals surface area (Å²) in [6.45, 7) is 19.3. The fourth-order valence-electron chi connectivity index (χ4n) is 13.0. The topological polar surface area (TPSA) is 13.0 Å². The number of rotatable bonds is 8. The predicted octanol–water partition coefficient (Wildman–Crippen LogP) is 19.5. The van der Waals surface area contributed by atoms with Crippen molar-refractivity contribution in [3.05, 3.63) is 228 Å². The molecule has 0 atom stereocenters. The predicted molar refractivity (Wildman–Crippen MR) is 323 cm³/mol. The number of hydrogen-bond acceptors (Lipinski definition) is 4. The maximum atomic E-state index is 9.85. The van der Waals surface area contributed by atoms with Gasteiger partial charge < -0.3 is 19.6 Å². The first-order chi connectivity index (χ1) is 39.2. The molecule has 4 nitrogen and oxygen atoms in total. The fraction of sp³-hybridized carbons (Fsp3) is 0.250. The van der Waals surface area contributed by atoms with Crippen LogP contribution in [0.15, 0.2) is 206 Å². The summed E-state index contributed by atoms with van der Waals surface area (Å²) in [7, 11) is 0. The van der Waals surface area contributed by atoms with Crippen LogP contribution >= 0.6 is 0 Å². The molecule has 0 bridgehead atoms. The molecule has 378 valence electrons. The number of para-hydroxylation sites is 6. The number of benzene rings is 9. The van der Waals surface area contributed by atoms with E-state index in [1.807, 2.05) is 60.7 Å². The quantitative estimate of drug-likeness (QED) is 0.150. The Kier molecular flexibility index (Phi) is 9.76. The van der Waals surface area contributed by atoms with Gasteiger partial charge >= 0.3 is 0 Å². The van der Waals surface area contributed by atoms with Crippen LogP contribution in [0.25, 0.3) is 44.5 Å². The lowest BCUT2D eigenvalue weighted by Gasteiger charge is -2.42. The first-order valence-electron chi connectivity index (χ1n) is 30.2. The van der Waals surface area contributed by atoms with Crippen LogP contribution in [0, 0.1) is 0 Å². The molecule has 0 radical (unpaired) electrons. The standard InChI is InChI=1S/C72H70N4/c1-69(2)40-42-71(5,6)61-44-51(36-38-59(61)69)57-30-20-28-55(49-22-11-9-12-23-49)67(57)75-47-73(63-32-15-17-34-65(63)75)53-26-19-27-54(46-53)74-48-76(66-35-18-16-33-64(66)74)68-56(50-24-13-10-14-25-50)29-21-31-58(68)52-37-39-60-62(45-52)72(7,8)43-41-70(60,3)4/h9-39,44-46H,40-43,47-48H2,1-8H3/i20D,21D,28D,29D,30D,31D. The lowest BCUT2D eigenvalue weighted by Crippen LogP contribution is -2.33. The molecule has 2 aliphatic heterocycles. The van der Waals surface area contributed by atoms with Gasteiger partial charge in [0.25, 0.3) is 0 Å². The molecule has 0 saturated carbocycles. The highest BCUT2D eigenvalue weighted by molar-refractivity contribution is 6.01. The summed E-state index contributed by atoms with van der Waals surface area (Å²) < 4.78 is 58.0. The zero-order valence-electron chi connectivity index (χ0n) is 51.2. The van der Waals surface area contributed by atoms with Crippen molar-refractivity contribution in [1.29, 1.82) is 0 Å². The molecule has 13 rings (SSSR count). The molecule has 0 N–H and O–H groups in total. The summed E-state index contributed by atoms with van der Waals surface area (Å²) in [5.41, 5.74) is 18.1. The molecule has 9 aromatic rings. The highest BCUT2D eigenvalue weighted by atomic mass is 15.4. The van der Waals surface area contributed by atoms with Crippen molar-refractivity contribution in [3.63, 3.8) is 0 Å². The monoisotopic (exact) mass is 997 g/mol. The molecule has 0 fully saturated rings. The van der Waals surface area contributed by atoms with Crippen molar-refractivity contribution >= 4 is 45.5 Å². The molecular weight excluding hydrogens is 921 g/mol. The van der Waals surface area contributed by atoms with E-state index in [1.54, 1.807) is 0 Å². The molecular formula is C72H70N4. The SMILES string of the molecule is [2H]c1c([2H])c(-c2ccccc2)c(N2CN(c3cccc(N4CN(c5c(-c6ccccc6)c([2H])c([2H])c([2H])c5-c5ccc6c(c5)C(C)(C)CCC6(C)C)c5ccccc54)c3)c3ccccc32)c(-c2ccc3c(c2)C(C)(C)CCC3(C)C)c1[2H]. The first kappa shape index (κ1) is 41.4. The Morgan fingerprint density at radius 1 is 0.316 bits per heavy atom. The lowest BCUT2D eigenvalue weighted by atomic mass is 9.63. The Morgan fingerprint density at radius 3 is 1.03 bits per heavy atom. The Morgan fingerprint density at radius 2 is 0.645 bits per heavy atom. The Balaban J connectivity index is 0.951.